The van der Waals surface area contributed by atoms with Gasteiger partial charge in [0.25, 0.3) is 0 Å². The molecule has 0 spiro atoms. The van der Waals surface area contributed by atoms with E-state index in [1.807, 2.05) is 12.3 Å². The third-order valence-electron chi connectivity index (χ3n) is 2.75. The van der Waals surface area contributed by atoms with Gasteiger partial charge in [-0.15, -0.1) is 11.3 Å². The second-order valence-corrected chi connectivity index (χ2v) is 7.18. The number of methoxy groups -OCH3 is 1. The Bertz CT molecular complexity index is 471. The second-order valence-electron chi connectivity index (χ2n) is 4.16. The second kappa shape index (κ2) is 7.96. The molecule has 19 heavy (non-hydrogen) atoms. The average Bonchev–Trinajstić information content (AvgIpc) is 2.85. The summed E-state index contributed by atoms with van der Waals surface area (Å²) in [5.74, 6) is 0. The van der Waals surface area contributed by atoms with Gasteiger partial charge in [-0.1, -0.05) is 6.92 Å². The first kappa shape index (κ1) is 16.6. The van der Waals surface area contributed by atoms with Crippen LogP contribution < -0.4 is 5.32 Å². The summed E-state index contributed by atoms with van der Waals surface area (Å²) in [4.78, 5) is 1.28. The fourth-order valence-corrected chi connectivity index (χ4v) is 4.24. The van der Waals surface area contributed by atoms with E-state index in [1.54, 1.807) is 20.2 Å². The van der Waals surface area contributed by atoms with Gasteiger partial charge in [-0.3, -0.25) is 0 Å². The van der Waals surface area contributed by atoms with E-state index in [9.17, 15) is 8.42 Å². The van der Waals surface area contributed by atoms with Crippen LogP contribution in [-0.2, 0) is 21.3 Å². The first-order chi connectivity index (χ1) is 9.04. The number of rotatable bonds is 9. The molecule has 5 nitrogen and oxygen atoms in total. The lowest BCUT2D eigenvalue weighted by Crippen LogP contribution is -2.29. The zero-order valence-electron chi connectivity index (χ0n) is 11.7. The largest absolute Gasteiger partial charge is 0.385 e. The fraction of sp³-hybridized carbons (Fsp3) is 0.667. The molecule has 0 aliphatic carbocycles. The summed E-state index contributed by atoms with van der Waals surface area (Å²) in [6.45, 7) is 4.44. The zero-order valence-corrected chi connectivity index (χ0v) is 13.3. The van der Waals surface area contributed by atoms with Gasteiger partial charge in [0, 0.05) is 38.7 Å². The molecule has 1 rings (SSSR count). The quantitative estimate of drug-likeness (QED) is 0.703. The lowest BCUT2D eigenvalue weighted by atomic mass is 10.4. The summed E-state index contributed by atoms with van der Waals surface area (Å²) < 4.78 is 31.2. The van der Waals surface area contributed by atoms with Crippen molar-refractivity contribution in [1.82, 2.24) is 9.62 Å². The highest BCUT2D eigenvalue weighted by Gasteiger charge is 2.24. The maximum Gasteiger partial charge on any atom is 0.243 e. The van der Waals surface area contributed by atoms with Crippen molar-refractivity contribution in [2.75, 3.05) is 33.9 Å². The Morgan fingerprint density at radius 1 is 1.47 bits per heavy atom. The Labute approximate surface area is 119 Å². The Morgan fingerprint density at radius 2 is 2.21 bits per heavy atom. The van der Waals surface area contributed by atoms with Gasteiger partial charge in [-0.2, -0.15) is 0 Å². The molecular weight excluding hydrogens is 284 g/mol. The molecule has 0 aliphatic rings. The predicted octanol–water partition coefficient (Wildman–Crippen LogP) is 1.51. The molecule has 0 atom stereocenters. The maximum atomic E-state index is 12.4. The minimum absolute atomic E-state index is 0.415. The predicted molar refractivity (Wildman–Crippen MR) is 78.0 cm³/mol. The van der Waals surface area contributed by atoms with Gasteiger partial charge in [-0.05, 0) is 24.4 Å². The zero-order chi connectivity index (χ0) is 14.3. The number of thiophene rings is 1. The highest BCUT2D eigenvalue weighted by atomic mass is 32.2. The number of hydrogen-bond donors (Lipinski definition) is 1. The minimum Gasteiger partial charge on any atom is -0.385 e. The van der Waals surface area contributed by atoms with Crippen LogP contribution in [0.15, 0.2) is 16.3 Å². The van der Waals surface area contributed by atoms with E-state index in [2.05, 4.69) is 5.32 Å². The standard InChI is InChI=1S/C12H22N2O3S2/c1-4-13-10-11-12(6-9-18-11)19(15,16)14(2)7-5-8-17-3/h6,9,13H,4-5,7-8,10H2,1-3H3. The van der Waals surface area contributed by atoms with Gasteiger partial charge in [0.15, 0.2) is 0 Å². The highest BCUT2D eigenvalue weighted by molar-refractivity contribution is 7.89. The van der Waals surface area contributed by atoms with E-state index in [-0.39, 0.29) is 0 Å². The van der Waals surface area contributed by atoms with Gasteiger partial charge in [0.2, 0.25) is 10.0 Å². The van der Waals surface area contributed by atoms with Crippen molar-refractivity contribution in [3.05, 3.63) is 16.3 Å². The van der Waals surface area contributed by atoms with Crippen molar-refractivity contribution in [2.45, 2.75) is 24.8 Å². The van der Waals surface area contributed by atoms with Crippen LogP contribution in [0.1, 0.15) is 18.2 Å². The van der Waals surface area contributed by atoms with Gasteiger partial charge >= 0.3 is 0 Å². The van der Waals surface area contributed by atoms with E-state index in [0.717, 1.165) is 11.4 Å². The average molecular weight is 306 g/mol. The van der Waals surface area contributed by atoms with Crippen LogP contribution in [0.2, 0.25) is 0 Å². The number of nitrogens with zero attached hydrogens (tertiary/aromatic N) is 1. The summed E-state index contributed by atoms with van der Waals surface area (Å²) in [5.41, 5.74) is 0. The van der Waals surface area contributed by atoms with Crippen molar-refractivity contribution < 1.29 is 13.2 Å². The molecule has 1 aromatic rings. The van der Waals surface area contributed by atoms with Gasteiger partial charge < -0.3 is 10.1 Å². The van der Waals surface area contributed by atoms with E-state index in [0.29, 0.717) is 31.0 Å². The van der Waals surface area contributed by atoms with E-state index in [1.165, 1.54) is 15.6 Å². The molecule has 0 aliphatic heterocycles. The van der Waals surface area contributed by atoms with Crippen LogP contribution in [0.25, 0.3) is 0 Å². The Kier molecular flexibility index (Phi) is 6.95. The minimum atomic E-state index is -3.39. The van der Waals surface area contributed by atoms with Crippen molar-refractivity contribution >= 4 is 21.4 Å². The van der Waals surface area contributed by atoms with E-state index in [4.69, 9.17) is 4.74 Å². The van der Waals surface area contributed by atoms with Crippen LogP contribution in [0, 0.1) is 0 Å². The molecule has 0 amide bonds. The van der Waals surface area contributed by atoms with Crippen molar-refractivity contribution in [3.63, 3.8) is 0 Å². The van der Waals surface area contributed by atoms with Crippen LogP contribution in [0.4, 0.5) is 0 Å². The molecular formula is C12H22N2O3S2. The first-order valence-electron chi connectivity index (χ1n) is 6.26. The molecule has 1 N–H and O–H groups in total. The number of nitrogens with one attached hydrogen (secondary N) is 1. The summed E-state index contributed by atoms with van der Waals surface area (Å²) >= 11 is 1.47. The molecule has 0 aromatic carbocycles. The van der Waals surface area contributed by atoms with Gasteiger partial charge in [0.05, 0.1) is 4.90 Å². The Morgan fingerprint density at radius 3 is 2.84 bits per heavy atom. The van der Waals surface area contributed by atoms with Crippen molar-refractivity contribution in [1.29, 1.82) is 0 Å². The van der Waals surface area contributed by atoms with Crippen LogP contribution in [0.3, 0.4) is 0 Å². The normalized spacial score (nSPS) is 12.2. The molecule has 1 aromatic heterocycles. The molecule has 0 radical (unpaired) electrons. The first-order valence-corrected chi connectivity index (χ1v) is 8.58. The number of ether oxygens (including phenoxy) is 1. The molecule has 110 valence electrons. The summed E-state index contributed by atoms with van der Waals surface area (Å²) in [6.07, 6.45) is 0.693. The van der Waals surface area contributed by atoms with Crippen LogP contribution in [-0.4, -0.2) is 46.6 Å². The smallest absolute Gasteiger partial charge is 0.243 e. The topological polar surface area (TPSA) is 58.6 Å². The third kappa shape index (κ3) is 4.54. The van der Waals surface area contributed by atoms with E-state index >= 15 is 0 Å². The van der Waals surface area contributed by atoms with E-state index < -0.39 is 10.0 Å². The van der Waals surface area contributed by atoms with Gasteiger partial charge in [-0.25, -0.2) is 12.7 Å². The SMILES string of the molecule is CCNCc1sccc1S(=O)(=O)N(C)CCCOC. The molecule has 0 saturated heterocycles. The molecule has 0 unspecified atom stereocenters. The number of hydrogen-bond acceptors (Lipinski definition) is 5. The molecule has 0 fully saturated rings. The summed E-state index contributed by atoms with van der Waals surface area (Å²) in [7, 11) is -0.165. The molecule has 0 saturated carbocycles. The maximum absolute atomic E-state index is 12.4. The Balaban J connectivity index is 2.78. The summed E-state index contributed by atoms with van der Waals surface area (Å²) in [5, 5.41) is 4.98. The monoisotopic (exact) mass is 306 g/mol. The van der Waals surface area contributed by atoms with Gasteiger partial charge in [0.1, 0.15) is 0 Å². The lowest BCUT2D eigenvalue weighted by molar-refractivity contribution is 0.189. The molecule has 0 bridgehead atoms. The lowest BCUT2D eigenvalue weighted by Gasteiger charge is -2.17. The van der Waals surface area contributed by atoms with Crippen molar-refractivity contribution in [3.8, 4) is 0 Å². The summed E-state index contributed by atoms with van der Waals surface area (Å²) in [6, 6.07) is 1.68. The molecule has 1 heterocycles. The fourth-order valence-electron chi connectivity index (χ4n) is 1.65. The number of sulfonamides is 1. The van der Waals surface area contributed by atoms with Crippen LogP contribution >= 0.6 is 11.3 Å². The Hall–Kier alpha value is -0.470. The highest BCUT2D eigenvalue weighted by Crippen LogP contribution is 2.24. The third-order valence-corrected chi connectivity index (χ3v) is 5.74. The molecule has 7 heteroatoms. The van der Waals surface area contributed by atoms with Crippen molar-refractivity contribution in [2.24, 2.45) is 0 Å². The van der Waals surface area contributed by atoms with Crippen LogP contribution in [0.5, 0.6) is 0 Å².